The molecule has 0 spiro atoms. The number of nitrogens with zero attached hydrogens (tertiary/aromatic N) is 3. The number of pyridine rings is 1. The van der Waals surface area contributed by atoms with Crippen molar-refractivity contribution >= 4 is 11.6 Å². The van der Waals surface area contributed by atoms with Gasteiger partial charge in [-0.3, -0.25) is 4.98 Å². The van der Waals surface area contributed by atoms with Crippen LogP contribution in [-0.2, 0) is 6.54 Å². The van der Waals surface area contributed by atoms with Crippen molar-refractivity contribution in [2.75, 3.05) is 17.2 Å². The molecular weight excluding hydrogens is 250 g/mol. The highest BCUT2D eigenvalue weighted by molar-refractivity contribution is 5.48. The summed E-state index contributed by atoms with van der Waals surface area (Å²) in [5.74, 6) is 2.82. The monoisotopic (exact) mass is 271 g/mol. The molecule has 106 valence electrons. The van der Waals surface area contributed by atoms with Crippen LogP contribution in [-0.4, -0.2) is 21.5 Å². The second kappa shape index (κ2) is 6.84. The number of hydrogen-bond donors (Lipinski definition) is 2. The molecule has 2 heterocycles. The molecule has 2 aromatic heterocycles. The van der Waals surface area contributed by atoms with Crippen LogP contribution in [0.4, 0.5) is 11.6 Å². The topological polar surface area (TPSA) is 62.7 Å². The van der Waals surface area contributed by atoms with Crippen molar-refractivity contribution in [2.45, 2.75) is 33.2 Å². The van der Waals surface area contributed by atoms with Gasteiger partial charge in [0.15, 0.2) is 0 Å². The molecule has 2 rings (SSSR count). The van der Waals surface area contributed by atoms with E-state index in [4.69, 9.17) is 0 Å². The Morgan fingerprint density at radius 1 is 1.10 bits per heavy atom. The third-order valence-electron chi connectivity index (χ3n) is 2.79. The van der Waals surface area contributed by atoms with E-state index in [0.29, 0.717) is 12.5 Å². The maximum atomic E-state index is 4.54. The Hall–Kier alpha value is -2.17. The molecule has 5 nitrogen and oxygen atoms in total. The second-order valence-electron chi connectivity index (χ2n) is 4.86. The van der Waals surface area contributed by atoms with Gasteiger partial charge in [-0.1, -0.05) is 19.9 Å². The van der Waals surface area contributed by atoms with Gasteiger partial charge in [0, 0.05) is 24.7 Å². The van der Waals surface area contributed by atoms with E-state index in [1.54, 1.807) is 6.20 Å². The Morgan fingerprint density at radius 2 is 1.85 bits per heavy atom. The lowest BCUT2D eigenvalue weighted by molar-refractivity contribution is 0.774. The normalized spacial score (nSPS) is 10.6. The Labute approximate surface area is 119 Å². The molecule has 0 saturated heterocycles. The minimum absolute atomic E-state index is 0.295. The van der Waals surface area contributed by atoms with Crippen LogP contribution in [0.2, 0.25) is 0 Å². The van der Waals surface area contributed by atoms with Crippen molar-refractivity contribution in [3.8, 4) is 0 Å². The molecule has 0 aliphatic heterocycles. The van der Waals surface area contributed by atoms with Gasteiger partial charge < -0.3 is 10.6 Å². The van der Waals surface area contributed by atoms with Gasteiger partial charge >= 0.3 is 0 Å². The predicted molar refractivity (Wildman–Crippen MR) is 81.8 cm³/mol. The van der Waals surface area contributed by atoms with Crippen LogP contribution in [0, 0.1) is 0 Å². The van der Waals surface area contributed by atoms with E-state index in [-0.39, 0.29) is 0 Å². The summed E-state index contributed by atoms with van der Waals surface area (Å²) < 4.78 is 0. The van der Waals surface area contributed by atoms with Gasteiger partial charge in [-0.05, 0) is 19.1 Å². The zero-order valence-electron chi connectivity index (χ0n) is 12.2. The highest BCUT2D eigenvalue weighted by atomic mass is 15.1. The van der Waals surface area contributed by atoms with Gasteiger partial charge in [-0.2, -0.15) is 0 Å². The van der Waals surface area contributed by atoms with Crippen LogP contribution < -0.4 is 10.6 Å². The Kier molecular flexibility index (Phi) is 4.87. The van der Waals surface area contributed by atoms with Crippen molar-refractivity contribution in [1.29, 1.82) is 0 Å². The summed E-state index contributed by atoms with van der Waals surface area (Å²) in [5.41, 5.74) is 0.988. The highest BCUT2D eigenvalue weighted by Gasteiger charge is 2.07. The van der Waals surface area contributed by atoms with Crippen LogP contribution in [0.3, 0.4) is 0 Å². The molecule has 2 N–H and O–H groups in total. The molecule has 0 unspecified atom stereocenters. The Morgan fingerprint density at radius 3 is 2.45 bits per heavy atom. The summed E-state index contributed by atoms with van der Waals surface area (Å²) in [7, 11) is 0. The number of anilines is 2. The minimum Gasteiger partial charge on any atom is -0.370 e. The third-order valence-corrected chi connectivity index (χ3v) is 2.79. The fourth-order valence-electron chi connectivity index (χ4n) is 1.77. The molecule has 2 aromatic rings. The van der Waals surface area contributed by atoms with Gasteiger partial charge in [0.1, 0.15) is 17.5 Å². The SMILES string of the molecule is CCNc1cc(NCc2ccccn2)nc(C(C)C)n1. The lowest BCUT2D eigenvalue weighted by Gasteiger charge is -2.12. The average molecular weight is 271 g/mol. The maximum Gasteiger partial charge on any atom is 0.135 e. The van der Waals surface area contributed by atoms with Crippen LogP contribution in [0.1, 0.15) is 38.2 Å². The van der Waals surface area contributed by atoms with Crippen molar-refractivity contribution in [1.82, 2.24) is 15.0 Å². The first-order valence-corrected chi connectivity index (χ1v) is 6.95. The zero-order valence-corrected chi connectivity index (χ0v) is 12.2. The molecule has 0 radical (unpaired) electrons. The zero-order chi connectivity index (χ0) is 14.4. The Bertz CT molecular complexity index is 539. The van der Waals surface area contributed by atoms with Gasteiger partial charge in [0.05, 0.1) is 12.2 Å². The summed E-state index contributed by atoms with van der Waals surface area (Å²) in [6, 6.07) is 7.81. The number of rotatable bonds is 6. The predicted octanol–water partition coefficient (Wildman–Crippen LogP) is 3.04. The van der Waals surface area contributed by atoms with Crippen molar-refractivity contribution in [3.05, 3.63) is 42.0 Å². The van der Waals surface area contributed by atoms with Crippen LogP contribution in [0.15, 0.2) is 30.5 Å². The maximum absolute atomic E-state index is 4.54. The number of hydrogen-bond acceptors (Lipinski definition) is 5. The minimum atomic E-state index is 0.295. The smallest absolute Gasteiger partial charge is 0.135 e. The molecule has 0 aliphatic rings. The number of nitrogens with one attached hydrogen (secondary N) is 2. The van der Waals surface area contributed by atoms with Gasteiger partial charge in [0.25, 0.3) is 0 Å². The lowest BCUT2D eigenvalue weighted by atomic mass is 10.2. The van der Waals surface area contributed by atoms with Gasteiger partial charge in [0.2, 0.25) is 0 Å². The summed E-state index contributed by atoms with van der Waals surface area (Å²) in [5, 5.41) is 6.54. The molecule has 20 heavy (non-hydrogen) atoms. The first kappa shape index (κ1) is 14.2. The summed E-state index contributed by atoms with van der Waals surface area (Å²) >= 11 is 0. The summed E-state index contributed by atoms with van der Waals surface area (Å²) in [6.07, 6.45) is 1.79. The van der Waals surface area contributed by atoms with E-state index in [2.05, 4.69) is 46.4 Å². The van der Waals surface area contributed by atoms with Gasteiger partial charge in [-0.25, -0.2) is 9.97 Å². The van der Waals surface area contributed by atoms with E-state index in [1.165, 1.54) is 0 Å². The molecule has 0 fully saturated rings. The van der Waals surface area contributed by atoms with E-state index in [9.17, 15) is 0 Å². The summed E-state index contributed by atoms with van der Waals surface area (Å²) in [4.78, 5) is 13.3. The molecule has 0 aromatic carbocycles. The largest absolute Gasteiger partial charge is 0.370 e. The van der Waals surface area contributed by atoms with E-state index in [1.807, 2.05) is 24.3 Å². The lowest BCUT2D eigenvalue weighted by Crippen LogP contribution is -2.09. The average Bonchev–Trinajstić information content (AvgIpc) is 2.46. The standard InChI is InChI=1S/C15H21N5/c1-4-16-13-9-14(20-15(19-13)11(2)3)18-10-12-7-5-6-8-17-12/h5-9,11H,4,10H2,1-3H3,(H2,16,18,19,20). The first-order chi connectivity index (χ1) is 9.69. The molecule has 0 saturated carbocycles. The summed E-state index contributed by atoms with van der Waals surface area (Å²) in [6.45, 7) is 7.73. The number of aromatic nitrogens is 3. The van der Waals surface area contributed by atoms with Gasteiger partial charge in [-0.15, -0.1) is 0 Å². The van der Waals surface area contributed by atoms with Crippen LogP contribution in [0.25, 0.3) is 0 Å². The van der Waals surface area contributed by atoms with E-state index in [0.717, 1.165) is 29.7 Å². The van der Waals surface area contributed by atoms with Crippen molar-refractivity contribution in [3.63, 3.8) is 0 Å². The van der Waals surface area contributed by atoms with E-state index >= 15 is 0 Å². The molecular formula is C15H21N5. The van der Waals surface area contributed by atoms with Crippen molar-refractivity contribution < 1.29 is 0 Å². The molecule has 0 atom stereocenters. The second-order valence-corrected chi connectivity index (χ2v) is 4.86. The van der Waals surface area contributed by atoms with Crippen LogP contribution >= 0.6 is 0 Å². The molecule has 0 amide bonds. The first-order valence-electron chi connectivity index (χ1n) is 6.95. The quantitative estimate of drug-likeness (QED) is 0.845. The fourth-order valence-corrected chi connectivity index (χ4v) is 1.77. The van der Waals surface area contributed by atoms with Crippen LogP contribution in [0.5, 0.6) is 0 Å². The Balaban J connectivity index is 2.13. The fraction of sp³-hybridized carbons (Fsp3) is 0.400. The molecule has 0 aliphatic carbocycles. The third kappa shape index (κ3) is 3.91. The molecule has 0 bridgehead atoms. The molecule has 5 heteroatoms. The van der Waals surface area contributed by atoms with E-state index < -0.39 is 0 Å². The highest BCUT2D eigenvalue weighted by Crippen LogP contribution is 2.17. The van der Waals surface area contributed by atoms with Crippen molar-refractivity contribution in [2.24, 2.45) is 0 Å².